The Balaban J connectivity index is 2.99. The molecule has 0 fully saturated rings. The predicted molar refractivity (Wildman–Crippen MR) is 78.6 cm³/mol. The van der Waals surface area contributed by atoms with Crippen molar-refractivity contribution in [2.24, 2.45) is 0 Å². The SMILES string of the molecule is Cc1cc[c]([Sn]([I])([I])[I])cc1. The molecule has 0 saturated heterocycles. The van der Waals surface area contributed by atoms with Crippen molar-refractivity contribution in [3.8, 4) is 0 Å². The molecule has 4 heteroatoms. The number of aryl methyl sites for hydroxylation is 1. The summed E-state index contributed by atoms with van der Waals surface area (Å²) in [4.78, 5) is 0. The Bertz CT molecular complexity index is 237. The van der Waals surface area contributed by atoms with E-state index in [1.165, 1.54) is 5.56 Å². The second-order valence-corrected chi connectivity index (χ2v) is 81.0. The molecule has 0 aliphatic rings. The molecule has 0 bridgehead atoms. The van der Waals surface area contributed by atoms with Gasteiger partial charge in [-0.1, -0.05) is 0 Å². The van der Waals surface area contributed by atoms with Gasteiger partial charge in [-0.15, -0.1) is 0 Å². The summed E-state index contributed by atoms with van der Waals surface area (Å²) in [5, 5.41) is 0. The maximum absolute atomic E-state index is 2.64. The van der Waals surface area contributed by atoms with Crippen molar-refractivity contribution < 1.29 is 0 Å². The van der Waals surface area contributed by atoms with Gasteiger partial charge in [0, 0.05) is 0 Å². The molecule has 60 valence electrons. The first kappa shape index (κ1) is 11.3. The Labute approximate surface area is 100 Å². The molecule has 0 unspecified atom stereocenters. The standard InChI is InChI=1S/C7H7.3HI.Sn/c1-7-5-3-2-4-6-7;;;;/h3-6H,1H3;3*1H;/q;;;;+3/p-3. The molecule has 0 nitrogen and oxygen atoms in total. The number of benzene rings is 1. The van der Waals surface area contributed by atoms with Gasteiger partial charge < -0.3 is 0 Å². The van der Waals surface area contributed by atoms with Crippen molar-refractivity contribution in [2.75, 3.05) is 0 Å². The Morgan fingerprint density at radius 3 is 1.82 bits per heavy atom. The van der Waals surface area contributed by atoms with Gasteiger partial charge in [0.05, 0.1) is 0 Å². The van der Waals surface area contributed by atoms with Crippen molar-refractivity contribution in [3.63, 3.8) is 0 Å². The minimum absolute atomic E-state index is 1.36. The van der Waals surface area contributed by atoms with Gasteiger partial charge >= 0.3 is 103 Å². The van der Waals surface area contributed by atoms with Gasteiger partial charge in [0.25, 0.3) is 0 Å². The summed E-state index contributed by atoms with van der Waals surface area (Å²) >= 11 is 7.91. The number of hydrogen-bond acceptors (Lipinski definition) is 0. The van der Waals surface area contributed by atoms with E-state index in [1.54, 1.807) is 3.58 Å². The maximum atomic E-state index is 2.64. The zero-order chi connectivity index (χ0) is 8.48. The fourth-order valence-electron chi connectivity index (χ4n) is 0.743. The molecule has 0 heterocycles. The first-order chi connectivity index (χ1) is 5.00. The van der Waals surface area contributed by atoms with E-state index in [0.717, 1.165) is 0 Å². The third-order valence-corrected chi connectivity index (χ3v) is 16.7. The van der Waals surface area contributed by atoms with Gasteiger partial charge in [0.15, 0.2) is 0 Å². The molecule has 11 heavy (non-hydrogen) atoms. The van der Waals surface area contributed by atoms with Crippen LogP contribution >= 0.6 is 55.9 Å². The van der Waals surface area contributed by atoms with Crippen LogP contribution in [0.5, 0.6) is 0 Å². The molecule has 0 aliphatic heterocycles. The van der Waals surface area contributed by atoms with E-state index in [0.29, 0.717) is 0 Å². The second-order valence-electron chi connectivity index (χ2n) is 2.36. The van der Waals surface area contributed by atoms with E-state index >= 15 is 0 Å². The zero-order valence-electron chi connectivity index (χ0n) is 5.94. The Kier molecular flexibility index (Phi) is 4.75. The van der Waals surface area contributed by atoms with E-state index in [9.17, 15) is 0 Å². The summed E-state index contributed by atoms with van der Waals surface area (Å²) in [6.45, 7) is 0.300. The van der Waals surface area contributed by atoms with Gasteiger partial charge in [-0.3, -0.25) is 0 Å². The topological polar surface area (TPSA) is 0 Å². The molecule has 0 aromatic heterocycles. The van der Waals surface area contributed by atoms with Crippen LogP contribution in [0.1, 0.15) is 5.56 Å². The molecule has 0 N–H and O–H groups in total. The fourth-order valence-corrected chi connectivity index (χ4v) is 9.53. The molecule has 0 amide bonds. The zero-order valence-corrected chi connectivity index (χ0v) is 15.3. The van der Waals surface area contributed by atoms with E-state index in [1.807, 2.05) is 0 Å². The molecule has 0 aliphatic carbocycles. The van der Waals surface area contributed by atoms with Crippen molar-refractivity contribution in [1.29, 1.82) is 0 Å². The van der Waals surface area contributed by atoms with Gasteiger partial charge in [-0.2, -0.15) is 0 Å². The van der Waals surface area contributed by atoms with E-state index in [2.05, 4.69) is 87.1 Å². The Morgan fingerprint density at radius 1 is 1.00 bits per heavy atom. The molecular formula is C7H7I3Sn. The minimum atomic E-state index is -1.83. The first-order valence-corrected chi connectivity index (χ1v) is 29.5. The predicted octanol–water partition coefficient (Wildman–Crippen LogP) is 3.45. The van der Waals surface area contributed by atoms with Crippen LogP contribution in [0.3, 0.4) is 0 Å². The molecule has 0 radical (unpaired) electrons. The Morgan fingerprint density at radius 2 is 1.45 bits per heavy atom. The third kappa shape index (κ3) is 3.84. The number of rotatable bonds is 1. The quantitative estimate of drug-likeness (QED) is 0.348. The van der Waals surface area contributed by atoms with Crippen molar-refractivity contribution in [1.82, 2.24) is 0 Å². The average Bonchev–Trinajstić information content (AvgIpc) is 1.86. The normalized spacial score (nSPS) is 11.6. The molecule has 1 aromatic carbocycles. The van der Waals surface area contributed by atoms with E-state index in [4.69, 9.17) is 0 Å². The third-order valence-electron chi connectivity index (χ3n) is 1.38. The average molecular weight is 591 g/mol. The van der Waals surface area contributed by atoms with Crippen LogP contribution in [-0.2, 0) is 0 Å². The molecule has 1 rings (SSSR count). The van der Waals surface area contributed by atoms with Crippen LogP contribution in [0.4, 0.5) is 0 Å². The summed E-state index contributed by atoms with van der Waals surface area (Å²) in [7, 11) is 0. The van der Waals surface area contributed by atoms with Crippen molar-refractivity contribution >= 4 is 66.0 Å². The van der Waals surface area contributed by atoms with Crippen LogP contribution in [0.15, 0.2) is 24.3 Å². The van der Waals surface area contributed by atoms with Gasteiger partial charge in [-0.25, -0.2) is 0 Å². The van der Waals surface area contributed by atoms with Gasteiger partial charge in [0.1, 0.15) is 0 Å². The van der Waals surface area contributed by atoms with Crippen LogP contribution in [0, 0.1) is 6.92 Å². The molecular weight excluding hydrogens is 583 g/mol. The van der Waals surface area contributed by atoms with Gasteiger partial charge in [0.2, 0.25) is 0 Å². The summed E-state index contributed by atoms with van der Waals surface area (Å²) in [6, 6.07) is 8.96. The number of hydrogen-bond donors (Lipinski definition) is 0. The fraction of sp³-hybridized carbons (Fsp3) is 0.143. The van der Waals surface area contributed by atoms with E-state index in [-0.39, 0.29) is 0 Å². The summed E-state index contributed by atoms with van der Waals surface area (Å²) in [6.07, 6.45) is 0. The van der Waals surface area contributed by atoms with E-state index < -0.39 is 6.47 Å². The van der Waals surface area contributed by atoms with Crippen molar-refractivity contribution in [2.45, 2.75) is 6.92 Å². The number of halogens is 3. The summed E-state index contributed by atoms with van der Waals surface area (Å²) < 4.78 is 1.58. The van der Waals surface area contributed by atoms with Crippen LogP contribution in [0.2, 0.25) is 0 Å². The summed E-state index contributed by atoms with van der Waals surface area (Å²) in [5.74, 6) is 0. The van der Waals surface area contributed by atoms with Crippen LogP contribution in [0.25, 0.3) is 0 Å². The van der Waals surface area contributed by atoms with Gasteiger partial charge in [-0.05, 0) is 0 Å². The monoisotopic (exact) mass is 592 g/mol. The van der Waals surface area contributed by atoms with Crippen LogP contribution in [-0.4, -0.2) is 6.47 Å². The summed E-state index contributed by atoms with van der Waals surface area (Å²) in [5.41, 5.74) is 1.36. The van der Waals surface area contributed by atoms with Crippen LogP contribution < -0.4 is 3.58 Å². The molecule has 0 atom stereocenters. The van der Waals surface area contributed by atoms with Crippen molar-refractivity contribution in [3.05, 3.63) is 29.8 Å². The molecule has 0 saturated carbocycles. The first-order valence-electron chi connectivity index (χ1n) is 3.14. The molecule has 0 spiro atoms. The molecule has 1 aromatic rings. The Hall–Kier alpha value is 2.21. The second kappa shape index (κ2) is 4.63.